The van der Waals surface area contributed by atoms with Gasteiger partial charge in [-0.3, -0.25) is 0 Å². The van der Waals surface area contributed by atoms with E-state index in [4.69, 9.17) is 23.8 Å². The molecule has 0 saturated carbocycles. The van der Waals surface area contributed by atoms with Gasteiger partial charge in [-0.2, -0.15) is 0 Å². The molecule has 0 bridgehead atoms. The van der Waals surface area contributed by atoms with Crippen molar-refractivity contribution in [3.05, 3.63) is 35.1 Å². The molecule has 25 heavy (non-hydrogen) atoms. The van der Waals surface area contributed by atoms with Gasteiger partial charge in [0.25, 0.3) is 0 Å². The molecule has 2 rings (SSSR count). The molecule has 0 saturated heterocycles. The smallest absolute Gasteiger partial charge is 0.190 e. The third-order valence-corrected chi connectivity index (χ3v) is 4.65. The Labute approximate surface area is 163 Å². The Hall–Kier alpha value is -1.31. The maximum Gasteiger partial charge on any atom is 0.190 e. The van der Waals surface area contributed by atoms with E-state index in [1.807, 2.05) is 30.5 Å². The van der Waals surface area contributed by atoms with Gasteiger partial charge in [0, 0.05) is 30.2 Å². The van der Waals surface area contributed by atoms with E-state index >= 15 is 0 Å². The molecule has 1 aromatic carbocycles. The first-order valence-electron chi connectivity index (χ1n) is 8.26. The zero-order chi connectivity index (χ0) is 18.2. The maximum absolute atomic E-state index is 5.87. The third kappa shape index (κ3) is 6.49. The van der Waals surface area contributed by atoms with Crippen molar-refractivity contribution in [2.24, 2.45) is 5.92 Å². The van der Waals surface area contributed by atoms with Crippen LogP contribution in [0.5, 0.6) is 0 Å². The summed E-state index contributed by atoms with van der Waals surface area (Å²) in [5.41, 5.74) is 0.920. The average molecular weight is 398 g/mol. The second-order valence-electron chi connectivity index (χ2n) is 6.10. The molecular weight excluding hydrogens is 374 g/mol. The van der Waals surface area contributed by atoms with Gasteiger partial charge in [-0.1, -0.05) is 37.2 Å². The number of aryl methyl sites for hydroxylation is 1. The minimum absolute atomic E-state index is 0.565. The van der Waals surface area contributed by atoms with Crippen LogP contribution in [0.3, 0.4) is 0 Å². The van der Waals surface area contributed by atoms with Crippen LogP contribution in [0.4, 0.5) is 5.69 Å². The van der Waals surface area contributed by atoms with E-state index < -0.39 is 0 Å². The van der Waals surface area contributed by atoms with Gasteiger partial charge in [-0.05, 0) is 55.1 Å². The molecular formula is C17H24ClN5S2. The van der Waals surface area contributed by atoms with Crippen LogP contribution < -0.4 is 10.6 Å². The molecule has 0 atom stereocenters. The SMILES string of the molecule is CSc1nnc(CCCNC(=S)Nc2ccc(Cl)cc2)n1CC(C)C. The lowest BCUT2D eigenvalue weighted by Crippen LogP contribution is -2.29. The highest BCUT2D eigenvalue weighted by atomic mass is 35.5. The van der Waals surface area contributed by atoms with Crippen LogP contribution in [-0.4, -0.2) is 32.7 Å². The second kappa shape index (κ2) is 9.99. The van der Waals surface area contributed by atoms with Crippen LogP contribution in [0.2, 0.25) is 5.02 Å². The van der Waals surface area contributed by atoms with E-state index in [1.54, 1.807) is 11.8 Å². The number of hydrogen-bond acceptors (Lipinski definition) is 4. The fraction of sp³-hybridized carbons (Fsp3) is 0.471. The first-order valence-corrected chi connectivity index (χ1v) is 10.3. The standard InChI is InChI=1S/C17H24ClN5S2/c1-12(2)11-23-15(21-22-17(23)25-3)5-4-10-19-16(24)20-14-8-6-13(18)7-9-14/h6-9,12H,4-5,10-11H2,1-3H3,(H2,19,20,24). The van der Waals surface area contributed by atoms with Crippen LogP contribution in [0.1, 0.15) is 26.1 Å². The van der Waals surface area contributed by atoms with Crippen LogP contribution >= 0.6 is 35.6 Å². The van der Waals surface area contributed by atoms with Crippen molar-refractivity contribution in [2.45, 2.75) is 38.4 Å². The predicted octanol–water partition coefficient (Wildman–Crippen LogP) is 4.23. The summed E-state index contributed by atoms with van der Waals surface area (Å²) in [6.45, 7) is 6.14. The van der Waals surface area contributed by atoms with Crippen molar-refractivity contribution in [1.29, 1.82) is 0 Å². The fourth-order valence-corrected chi connectivity index (χ4v) is 3.23. The number of benzene rings is 1. The molecule has 2 N–H and O–H groups in total. The summed E-state index contributed by atoms with van der Waals surface area (Å²) < 4.78 is 2.22. The van der Waals surface area contributed by atoms with Gasteiger partial charge < -0.3 is 15.2 Å². The topological polar surface area (TPSA) is 54.8 Å². The summed E-state index contributed by atoms with van der Waals surface area (Å²) in [7, 11) is 0. The molecule has 0 aliphatic rings. The van der Waals surface area contributed by atoms with Gasteiger partial charge in [0.1, 0.15) is 5.82 Å². The number of nitrogens with zero attached hydrogens (tertiary/aromatic N) is 3. The lowest BCUT2D eigenvalue weighted by molar-refractivity contribution is 0.477. The number of thiocarbonyl (C=S) groups is 1. The van der Waals surface area contributed by atoms with Crippen LogP contribution in [-0.2, 0) is 13.0 Å². The Bertz CT molecular complexity index is 685. The molecule has 5 nitrogen and oxygen atoms in total. The zero-order valence-electron chi connectivity index (χ0n) is 14.8. The summed E-state index contributed by atoms with van der Waals surface area (Å²) in [4.78, 5) is 0. The number of rotatable bonds is 8. The molecule has 136 valence electrons. The maximum atomic E-state index is 5.87. The zero-order valence-corrected chi connectivity index (χ0v) is 17.1. The summed E-state index contributed by atoms with van der Waals surface area (Å²) in [6, 6.07) is 7.46. The third-order valence-electron chi connectivity index (χ3n) is 3.49. The van der Waals surface area contributed by atoms with Crippen LogP contribution in [0.15, 0.2) is 29.4 Å². The number of anilines is 1. The molecule has 2 aromatic rings. The number of nitrogens with one attached hydrogen (secondary N) is 2. The molecule has 0 aliphatic carbocycles. The summed E-state index contributed by atoms with van der Waals surface area (Å²) in [5.74, 6) is 1.60. The van der Waals surface area contributed by atoms with Crippen molar-refractivity contribution in [3.63, 3.8) is 0 Å². The monoisotopic (exact) mass is 397 g/mol. The quantitative estimate of drug-likeness (QED) is 0.395. The lowest BCUT2D eigenvalue weighted by Gasteiger charge is -2.12. The summed E-state index contributed by atoms with van der Waals surface area (Å²) in [6.07, 6.45) is 3.84. The van der Waals surface area contributed by atoms with Gasteiger partial charge in [0.15, 0.2) is 10.3 Å². The highest BCUT2D eigenvalue weighted by Gasteiger charge is 2.12. The van der Waals surface area contributed by atoms with E-state index in [2.05, 4.69) is 39.2 Å². The van der Waals surface area contributed by atoms with Gasteiger partial charge in [-0.25, -0.2) is 0 Å². The van der Waals surface area contributed by atoms with Gasteiger partial charge in [-0.15, -0.1) is 10.2 Å². The molecule has 0 unspecified atom stereocenters. The number of hydrogen-bond donors (Lipinski definition) is 2. The van der Waals surface area contributed by atoms with E-state index in [9.17, 15) is 0 Å². The molecule has 0 fully saturated rings. The molecule has 1 heterocycles. The van der Waals surface area contributed by atoms with Crippen LogP contribution in [0.25, 0.3) is 0 Å². The van der Waals surface area contributed by atoms with Crippen molar-refractivity contribution < 1.29 is 0 Å². The first kappa shape index (κ1) is 20.0. The average Bonchev–Trinajstić information content (AvgIpc) is 2.95. The Balaban J connectivity index is 1.78. The first-order chi connectivity index (χ1) is 12.0. The largest absolute Gasteiger partial charge is 0.362 e. The molecule has 0 aliphatic heterocycles. The normalized spacial score (nSPS) is 10.9. The van der Waals surface area contributed by atoms with Gasteiger partial charge in [0.2, 0.25) is 0 Å². The Morgan fingerprint density at radius 1 is 1.28 bits per heavy atom. The Morgan fingerprint density at radius 3 is 2.64 bits per heavy atom. The van der Waals surface area contributed by atoms with E-state index in [-0.39, 0.29) is 0 Å². The number of aromatic nitrogens is 3. The minimum atomic E-state index is 0.565. The molecule has 0 spiro atoms. The fourth-order valence-electron chi connectivity index (χ4n) is 2.36. The summed E-state index contributed by atoms with van der Waals surface area (Å²) >= 11 is 12.8. The van der Waals surface area contributed by atoms with Gasteiger partial charge >= 0.3 is 0 Å². The second-order valence-corrected chi connectivity index (χ2v) is 7.72. The van der Waals surface area contributed by atoms with E-state index in [1.165, 1.54) is 0 Å². The highest BCUT2D eigenvalue weighted by molar-refractivity contribution is 7.98. The number of halogens is 1. The predicted molar refractivity (Wildman–Crippen MR) is 111 cm³/mol. The van der Waals surface area contributed by atoms with Gasteiger partial charge in [0.05, 0.1) is 0 Å². The molecule has 8 heteroatoms. The molecule has 1 aromatic heterocycles. The van der Waals surface area contributed by atoms with Crippen LogP contribution in [0, 0.1) is 5.92 Å². The van der Waals surface area contributed by atoms with Crippen molar-refractivity contribution >= 4 is 46.4 Å². The van der Waals surface area contributed by atoms with Crippen molar-refractivity contribution in [2.75, 3.05) is 18.1 Å². The summed E-state index contributed by atoms with van der Waals surface area (Å²) in [5, 5.41) is 17.3. The van der Waals surface area contributed by atoms with Crippen molar-refractivity contribution in [3.8, 4) is 0 Å². The highest BCUT2D eigenvalue weighted by Crippen LogP contribution is 2.17. The molecule has 0 radical (unpaired) electrons. The van der Waals surface area contributed by atoms with E-state index in [0.717, 1.165) is 42.6 Å². The Morgan fingerprint density at radius 2 is 2.00 bits per heavy atom. The minimum Gasteiger partial charge on any atom is -0.362 e. The van der Waals surface area contributed by atoms with E-state index in [0.29, 0.717) is 16.1 Å². The number of thioether (sulfide) groups is 1. The Kier molecular flexibility index (Phi) is 7.99. The molecule has 0 amide bonds. The lowest BCUT2D eigenvalue weighted by atomic mass is 10.2. The van der Waals surface area contributed by atoms with Crippen molar-refractivity contribution in [1.82, 2.24) is 20.1 Å².